The number of hydrogen-bond donors (Lipinski definition) is 1. The summed E-state index contributed by atoms with van der Waals surface area (Å²) in [6.45, 7) is 7.73. The number of carbonyl (C=O) groups is 3. The number of barbiturate groups is 1. The molecule has 1 saturated carbocycles. The van der Waals surface area contributed by atoms with Crippen LogP contribution in [0.25, 0.3) is 6.08 Å². The third-order valence-corrected chi connectivity index (χ3v) is 5.22. The Balaban J connectivity index is 2.01. The van der Waals surface area contributed by atoms with Crippen molar-refractivity contribution in [3.8, 4) is 11.5 Å². The van der Waals surface area contributed by atoms with E-state index in [0.717, 1.165) is 31.2 Å². The number of rotatable bonds is 8. The molecule has 158 valence electrons. The first-order valence-corrected chi connectivity index (χ1v) is 9.96. The number of carbonyl (C=O) groups excluding carboxylic acids is 3. The number of benzene rings is 1. The SMILES string of the molecule is C=CCOc1c(CC=C)cc(/C=C2\C(=O)NC(=O)N(C3CCCC3)C2=O)cc1OC. The van der Waals surface area contributed by atoms with Crippen LogP contribution in [0, 0.1) is 0 Å². The largest absolute Gasteiger partial charge is 0.493 e. The lowest BCUT2D eigenvalue weighted by molar-refractivity contribution is -0.131. The highest BCUT2D eigenvalue weighted by Gasteiger charge is 2.40. The molecule has 7 heteroatoms. The molecule has 7 nitrogen and oxygen atoms in total. The summed E-state index contributed by atoms with van der Waals surface area (Å²) in [4.78, 5) is 38.9. The fourth-order valence-corrected chi connectivity index (χ4v) is 3.86. The predicted octanol–water partition coefficient (Wildman–Crippen LogP) is 3.39. The molecular weight excluding hydrogens is 384 g/mol. The van der Waals surface area contributed by atoms with Gasteiger partial charge in [0.2, 0.25) is 0 Å². The van der Waals surface area contributed by atoms with Gasteiger partial charge in [0.1, 0.15) is 12.2 Å². The van der Waals surface area contributed by atoms with E-state index in [2.05, 4.69) is 18.5 Å². The second-order valence-electron chi connectivity index (χ2n) is 7.23. The van der Waals surface area contributed by atoms with Gasteiger partial charge in [0.05, 0.1) is 7.11 Å². The van der Waals surface area contributed by atoms with E-state index in [9.17, 15) is 14.4 Å². The van der Waals surface area contributed by atoms with Gasteiger partial charge in [-0.05, 0) is 43.0 Å². The zero-order chi connectivity index (χ0) is 21.7. The molecule has 1 N–H and O–H groups in total. The molecule has 3 rings (SSSR count). The number of ether oxygens (including phenoxy) is 2. The van der Waals surface area contributed by atoms with Gasteiger partial charge in [-0.3, -0.25) is 19.8 Å². The van der Waals surface area contributed by atoms with Gasteiger partial charge in [0.15, 0.2) is 11.5 Å². The molecule has 0 bridgehead atoms. The highest BCUT2D eigenvalue weighted by molar-refractivity contribution is 6.31. The van der Waals surface area contributed by atoms with E-state index < -0.39 is 17.8 Å². The van der Waals surface area contributed by atoms with Gasteiger partial charge in [-0.1, -0.05) is 31.6 Å². The summed E-state index contributed by atoms with van der Waals surface area (Å²) < 4.78 is 11.2. The number of nitrogens with zero attached hydrogens (tertiary/aromatic N) is 1. The van der Waals surface area contributed by atoms with Crippen LogP contribution in [0.3, 0.4) is 0 Å². The first-order chi connectivity index (χ1) is 14.5. The minimum absolute atomic E-state index is 0.0760. The fraction of sp³-hybridized carbons (Fsp3) is 0.348. The van der Waals surface area contributed by atoms with E-state index in [1.165, 1.54) is 18.1 Å². The fourth-order valence-electron chi connectivity index (χ4n) is 3.86. The van der Waals surface area contributed by atoms with Crippen LogP contribution in [-0.4, -0.2) is 42.5 Å². The van der Waals surface area contributed by atoms with E-state index in [1.807, 2.05) is 6.07 Å². The van der Waals surface area contributed by atoms with E-state index in [-0.39, 0.29) is 11.6 Å². The third kappa shape index (κ3) is 4.30. The summed E-state index contributed by atoms with van der Waals surface area (Å²) in [5, 5.41) is 2.29. The van der Waals surface area contributed by atoms with E-state index in [1.54, 1.807) is 18.2 Å². The first-order valence-electron chi connectivity index (χ1n) is 9.96. The Labute approximate surface area is 176 Å². The number of hydrogen-bond acceptors (Lipinski definition) is 5. The number of methoxy groups -OCH3 is 1. The predicted molar refractivity (Wildman–Crippen MR) is 113 cm³/mol. The first kappa shape index (κ1) is 21.4. The molecule has 1 aliphatic heterocycles. The van der Waals surface area contributed by atoms with Gasteiger partial charge in [-0.15, -0.1) is 6.58 Å². The second-order valence-corrected chi connectivity index (χ2v) is 7.23. The molecule has 2 fully saturated rings. The molecule has 0 aromatic heterocycles. The number of allylic oxidation sites excluding steroid dienone is 1. The van der Waals surface area contributed by atoms with E-state index in [0.29, 0.717) is 30.1 Å². The van der Waals surface area contributed by atoms with Gasteiger partial charge in [-0.2, -0.15) is 0 Å². The molecule has 0 atom stereocenters. The Morgan fingerprint density at radius 2 is 1.90 bits per heavy atom. The van der Waals surface area contributed by atoms with Crippen molar-refractivity contribution in [2.24, 2.45) is 0 Å². The van der Waals surface area contributed by atoms with Crippen LogP contribution in [0.4, 0.5) is 4.79 Å². The Hall–Kier alpha value is -3.35. The van der Waals surface area contributed by atoms with Gasteiger partial charge in [-0.25, -0.2) is 4.79 Å². The average Bonchev–Trinajstić information content (AvgIpc) is 3.24. The van der Waals surface area contributed by atoms with Crippen molar-refractivity contribution in [3.05, 3.63) is 54.1 Å². The Kier molecular flexibility index (Phi) is 6.72. The molecule has 4 amide bonds. The van der Waals surface area contributed by atoms with E-state index >= 15 is 0 Å². The highest BCUT2D eigenvalue weighted by atomic mass is 16.5. The molecule has 0 spiro atoms. The third-order valence-electron chi connectivity index (χ3n) is 5.22. The lowest BCUT2D eigenvalue weighted by atomic mass is 10.0. The summed E-state index contributed by atoms with van der Waals surface area (Å²) >= 11 is 0. The van der Waals surface area contributed by atoms with Crippen molar-refractivity contribution in [2.45, 2.75) is 38.1 Å². The molecule has 1 saturated heterocycles. The quantitative estimate of drug-likeness (QED) is 0.403. The van der Waals surface area contributed by atoms with Gasteiger partial charge < -0.3 is 9.47 Å². The lowest BCUT2D eigenvalue weighted by Crippen LogP contribution is -2.57. The zero-order valence-corrected chi connectivity index (χ0v) is 17.1. The minimum Gasteiger partial charge on any atom is -0.493 e. The van der Waals surface area contributed by atoms with Crippen molar-refractivity contribution in [3.63, 3.8) is 0 Å². The van der Waals surface area contributed by atoms with Crippen molar-refractivity contribution in [1.29, 1.82) is 0 Å². The number of imide groups is 2. The smallest absolute Gasteiger partial charge is 0.331 e. The molecule has 0 unspecified atom stereocenters. The molecule has 2 aliphatic rings. The van der Waals surface area contributed by atoms with Crippen LogP contribution in [0.2, 0.25) is 0 Å². The lowest BCUT2D eigenvalue weighted by Gasteiger charge is -2.31. The molecule has 1 heterocycles. The Morgan fingerprint density at radius 3 is 2.53 bits per heavy atom. The maximum atomic E-state index is 13.0. The maximum Gasteiger partial charge on any atom is 0.331 e. The number of urea groups is 1. The summed E-state index contributed by atoms with van der Waals surface area (Å²) in [7, 11) is 1.52. The molecule has 1 aliphatic carbocycles. The molecule has 30 heavy (non-hydrogen) atoms. The second kappa shape index (κ2) is 9.43. The van der Waals surface area contributed by atoms with Crippen molar-refractivity contribution in [2.75, 3.05) is 13.7 Å². The van der Waals surface area contributed by atoms with Crippen LogP contribution in [-0.2, 0) is 16.0 Å². The summed E-state index contributed by atoms with van der Waals surface area (Å²) in [5.41, 5.74) is 1.31. The summed E-state index contributed by atoms with van der Waals surface area (Å²) in [5.74, 6) is -0.237. The highest BCUT2D eigenvalue weighted by Crippen LogP contribution is 2.35. The Morgan fingerprint density at radius 1 is 1.17 bits per heavy atom. The van der Waals surface area contributed by atoms with Crippen molar-refractivity contribution < 1.29 is 23.9 Å². The summed E-state index contributed by atoms with van der Waals surface area (Å²) in [6.07, 6.45) is 8.79. The zero-order valence-electron chi connectivity index (χ0n) is 17.1. The Bertz CT molecular complexity index is 912. The van der Waals surface area contributed by atoms with Crippen molar-refractivity contribution >= 4 is 23.9 Å². The standard InChI is InChI=1S/C23H26N2O5/c1-4-8-16-12-15(14-19(29-3)20(16)30-11-5-2)13-18-21(26)24-23(28)25(22(18)27)17-9-6-7-10-17/h4-5,12-14,17H,1-2,6-11H2,3H3,(H,24,26,28)/b18-13+. The van der Waals surface area contributed by atoms with E-state index in [4.69, 9.17) is 9.47 Å². The van der Waals surface area contributed by atoms with Crippen LogP contribution in [0.15, 0.2) is 43.0 Å². The van der Waals surface area contributed by atoms with Gasteiger partial charge in [0.25, 0.3) is 11.8 Å². The van der Waals surface area contributed by atoms with Gasteiger partial charge in [0, 0.05) is 11.6 Å². The number of amides is 4. The monoisotopic (exact) mass is 410 g/mol. The van der Waals surface area contributed by atoms with Crippen LogP contribution in [0.5, 0.6) is 11.5 Å². The molecule has 1 aromatic carbocycles. The van der Waals surface area contributed by atoms with Crippen LogP contribution in [0.1, 0.15) is 36.8 Å². The topological polar surface area (TPSA) is 84.9 Å². The maximum absolute atomic E-state index is 13.0. The normalized spacial score (nSPS) is 18.5. The molecular formula is C23H26N2O5. The average molecular weight is 410 g/mol. The summed E-state index contributed by atoms with van der Waals surface area (Å²) in [6, 6.07) is 2.68. The molecule has 0 radical (unpaired) electrons. The minimum atomic E-state index is -0.699. The van der Waals surface area contributed by atoms with Crippen LogP contribution < -0.4 is 14.8 Å². The number of nitrogens with one attached hydrogen (secondary N) is 1. The van der Waals surface area contributed by atoms with Crippen molar-refractivity contribution in [1.82, 2.24) is 10.2 Å². The van der Waals surface area contributed by atoms with Crippen LogP contribution >= 0.6 is 0 Å². The van der Waals surface area contributed by atoms with Gasteiger partial charge >= 0.3 is 6.03 Å². The molecule has 1 aromatic rings.